The lowest BCUT2D eigenvalue weighted by molar-refractivity contribution is 1.32. The highest BCUT2D eigenvalue weighted by Crippen LogP contribution is 2.11. The van der Waals surface area contributed by atoms with E-state index in [2.05, 4.69) is 25.9 Å². The summed E-state index contributed by atoms with van der Waals surface area (Å²) in [5.41, 5.74) is 6.40. The number of hydrogen-bond acceptors (Lipinski definition) is 3. The number of nitrogen functional groups attached to an aromatic ring is 1. The minimum atomic E-state index is 0.491. The minimum absolute atomic E-state index is 0.491. The fourth-order valence-electron chi connectivity index (χ4n) is 0.712. The Balaban J connectivity index is 3.14. The summed E-state index contributed by atoms with van der Waals surface area (Å²) in [6.07, 6.45) is 1.65. The lowest BCUT2D eigenvalue weighted by atomic mass is 10.3. The van der Waals surface area contributed by atoms with Crippen molar-refractivity contribution in [3.05, 3.63) is 23.9 Å². The molecule has 11 heavy (non-hydrogen) atoms. The molecule has 0 aliphatic heterocycles. The zero-order valence-electron chi connectivity index (χ0n) is 6.08. The Morgan fingerprint density at radius 1 is 1.73 bits per heavy atom. The second-order valence-electron chi connectivity index (χ2n) is 1.95. The summed E-state index contributed by atoms with van der Waals surface area (Å²) in [6.45, 7) is 0. The summed E-state index contributed by atoms with van der Waals surface area (Å²) in [7, 11) is 1.69. The Hall–Kier alpha value is -0.900. The maximum Gasteiger partial charge on any atom is 0.133 e. The van der Waals surface area contributed by atoms with Gasteiger partial charge in [-0.2, -0.15) is 0 Å². The van der Waals surface area contributed by atoms with Gasteiger partial charge in [-0.25, -0.2) is 4.98 Å². The van der Waals surface area contributed by atoms with E-state index in [-0.39, 0.29) is 0 Å². The van der Waals surface area contributed by atoms with Crippen LogP contribution in [0.25, 0.3) is 0 Å². The largest absolute Gasteiger partial charge is 0.383 e. The second kappa shape index (κ2) is 3.48. The molecule has 0 bridgehead atoms. The van der Waals surface area contributed by atoms with Gasteiger partial charge in [0.05, 0.1) is 0 Å². The highest BCUT2D eigenvalue weighted by molar-refractivity contribution is 9.18. The lowest BCUT2D eigenvalue weighted by Gasteiger charge is -1.99. The van der Waals surface area contributed by atoms with Crippen molar-refractivity contribution >= 4 is 26.4 Å². The van der Waals surface area contributed by atoms with Gasteiger partial charge in [0.15, 0.2) is 0 Å². The quantitative estimate of drug-likeness (QED) is 0.719. The normalized spacial score (nSPS) is 11.6. The van der Waals surface area contributed by atoms with Crippen molar-refractivity contribution in [1.82, 2.24) is 4.98 Å². The van der Waals surface area contributed by atoms with E-state index in [1.54, 1.807) is 13.2 Å². The fraction of sp³-hybridized carbons (Fsp3) is 0.143. The fourth-order valence-corrected chi connectivity index (χ4v) is 1.05. The van der Waals surface area contributed by atoms with Crippen LogP contribution in [0.15, 0.2) is 23.3 Å². The predicted octanol–water partition coefficient (Wildman–Crippen LogP) is 1.44. The maximum atomic E-state index is 5.58. The predicted molar refractivity (Wildman–Crippen MR) is 50.0 cm³/mol. The van der Waals surface area contributed by atoms with Crippen molar-refractivity contribution in [1.29, 1.82) is 0 Å². The first-order chi connectivity index (χ1) is 5.25. The van der Waals surface area contributed by atoms with Crippen LogP contribution in [0.1, 0.15) is 5.56 Å². The molecule has 0 aliphatic rings. The van der Waals surface area contributed by atoms with E-state index in [1.165, 1.54) is 0 Å². The van der Waals surface area contributed by atoms with Crippen LogP contribution in [0, 0.1) is 0 Å². The summed E-state index contributed by atoms with van der Waals surface area (Å²) < 4.78 is 0.725. The van der Waals surface area contributed by atoms with E-state index in [0.717, 1.165) is 10.2 Å². The van der Waals surface area contributed by atoms with Gasteiger partial charge in [-0.1, -0.05) is 0 Å². The number of nitrogens with zero attached hydrogens (tertiary/aromatic N) is 2. The first kappa shape index (κ1) is 8.20. The van der Waals surface area contributed by atoms with E-state index in [9.17, 15) is 0 Å². The summed E-state index contributed by atoms with van der Waals surface area (Å²) >= 11 is 3.27. The summed E-state index contributed by atoms with van der Waals surface area (Å²) in [5.74, 6) is 0.491. The molecule has 0 amide bonds. The summed E-state index contributed by atoms with van der Waals surface area (Å²) in [5, 5.41) is 0. The molecule has 1 heterocycles. The second-order valence-corrected chi connectivity index (χ2v) is 2.70. The van der Waals surface area contributed by atoms with Crippen LogP contribution in [0.3, 0.4) is 0 Å². The van der Waals surface area contributed by atoms with Crippen molar-refractivity contribution in [3.8, 4) is 0 Å². The molecular formula is C7H8BrN3. The third-order valence-electron chi connectivity index (χ3n) is 1.26. The Labute approximate surface area is 73.5 Å². The van der Waals surface area contributed by atoms with Crippen LogP contribution in [0.4, 0.5) is 5.82 Å². The van der Waals surface area contributed by atoms with Gasteiger partial charge in [0.2, 0.25) is 0 Å². The third kappa shape index (κ3) is 1.77. The number of halogens is 1. The Morgan fingerprint density at radius 2 is 2.45 bits per heavy atom. The smallest absolute Gasteiger partial charge is 0.133 e. The van der Waals surface area contributed by atoms with E-state index >= 15 is 0 Å². The molecule has 0 saturated heterocycles. The van der Waals surface area contributed by atoms with Crippen LogP contribution >= 0.6 is 15.9 Å². The van der Waals surface area contributed by atoms with Gasteiger partial charge in [-0.3, -0.25) is 4.99 Å². The van der Waals surface area contributed by atoms with Crippen molar-refractivity contribution < 1.29 is 0 Å². The van der Waals surface area contributed by atoms with Crippen LogP contribution in [0.5, 0.6) is 0 Å². The Morgan fingerprint density at radius 3 is 3.00 bits per heavy atom. The number of aromatic nitrogens is 1. The van der Waals surface area contributed by atoms with Crippen LogP contribution < -0.4 is 5.73 Å². The molecule has 0 atom stereocenters. The van der Waals surface area contributed by atoms with Gasteiger partial charge < -0.3 is 5.73 Å². The van der Waals surface area contributed by atoms with E-state index < -0.39 is 0 Å². The highest BCUT2D eigenvalue weighted by Gasteiger charge is 2.01. The maximum absolute atomic E-state index is 5.58. The van der Waals surface area contributed by atoms with Gasteiger partial charge in [0.25, 0.3) is 0 Å². The van der Waals surface area contributed by atoms with Gasteiger partial charge >= 0.3 is 0 Å². The molecular weight excluding hydrogens is 206 g/mol. The topological polar surface area (TPSA) is 51.3 Å². The monoisotopic (exact) mass is 213 g/mol. The zero-order chi connectivity index (χ0) is 8.27. The first-order valence-corrected chi connectivity index (χ1v) is 3.88. The van der Waals surface area contributed by atoms with Crippen molar-refractivity contribution in [3.63, 3.8) is 0 Å². The molecule has 3 nitrogen and oxygen atoms in total. The van der Waals surface area contributed by atoms with Crippen LogP contribution in [-0.4, -0.2) is 16.7 Å². The molecule has 0 spiro atoms. The van der Waals surface area contributed by atoms with E-state index in [0.29, 0.717) is 5.82 Å². The molecule has 0 saturated carbocycles. The SMILES string of the molecule is CN=C(Br)c1cccnc1N. The lowest BCUT2D eigenvalue weighted by Crippen LogP contribution is -1.99. The van der Waals surface area contributed by atoms with Gasteiger partial charge in [0, 0.05) is 18.8 Å². The molecule has 1 aromatic rings. The molecule has 2 N–H and O–H groups in total. The molecule has 0 aliphatic carbocycles. The number of pyridine rings is 1. The Kier molecular flexibility index (Phi) is 2.59. The number of anilines is 1. The molecule has 0 radical (unpaired) electrons. The van der Waals surface area contributed by atoms with Gasteiger partial charge in [-0.05, 0) is 28.1 Å². The van der Waals surface area contributed by atoms with E-state index in [1.807, 2.05) is 12.1 Å². The molecule has 0 fully saturated rings. The number of nitrogens with two attached hydrogens (primary N) is 1. The van der Waals surface area contributed by atoms with Crippen LogP contribution in [-0.2, 0) is 0 Å². The van der Waals surface area contributed by atoms with Crippen LogP contribution in [0.2, 0.25) is 0 Å². The van der Waals surface area contributed by atoms with Crippen molar-refractivity contribution in [2.24, 2.45) is 4.99 Å². The van der Waals surface area contributed by atoms with Crippen molar-refractivity contribution in [2.75, 3.05) is 12.8 Å². The molecule has 1 aromatic heterocycles. The summed E-state index contributed by atoms with van der Waals surface area (Å²) in [6, 6.07) is 3.68. The highest BCUT2D eigenvalue weighted by atomic mass is 79.9. The summed E-state index contributed by atoms with van der Waals surface area (Å²) in [4.78, 5) is 7.85. The van der Waals surface area contributed by atoms with E-state index in [4.69, 9.17) is 5.73 Å². The van der Waals surface area contributed by atoms with Gasteiger partial charge in [0.1, 0.15) is 10.4 Å². The number of aliphatic imine (C=N–C) groups is 1. The molecule has 0 aromatic carbocycles. The van der Waals surface area contributed by atoms with Crippen molar-refractivity contribution in [2.45, 2.75) is 0 Å². The molecule has 0 unspecified atom stereocenters. The number of hydrogen-bond donors (Lipinski definition) is 1. The molecule has 4 heteroatoms. The molecule has 1 rings (SSSR count). The average molecular weight is 214 g/mol. The minimum Gasteiger partial charge on any atom is -0.383 e. The zero-order valence-corrected chi connectivity index (χ0v) is 7.67. The third-order valence-corrected chi connectivity index (χ3v) is 2.04. The van der Waals surface area contributed by atoms with Gasteiger partial charge in [-0.15, -0.1) is 0 Å². The first-order valence-electron chi connectivity index (χ1n) is 3.09. The number of rotatable bonds is 1. The Bertz CT molecular complexity index is 283. The standard InChI is InChI=1S/C7H8BrN3/c1-10-6(8)5-3-2-4-11-7(5)9/h2-4H,1H3,(H2,9,11). The molecule has 58 valence electrons. The average Bonchev–Trinajstić information content (AvgIpc) is 2.04.